The van der Waals surface area contributed by atoms with E-state index in [1.54, 1.807) is 11.3 Å². The summed E-state index contributed by atoms with van der Waals surface area (Å²) in [5.74, 6) is 0. The van der Waals surface area contributed by atoms with E-state index in [2.05, 4.69) is 16.8 Å². The number of hydrogen-bond acceptors (Lipinski definition) is 3. The Morgan fingerprint density at radius 3 is 3.21 bits per heavy atom. The van der Waals surface area contributed by atoms with Crippen LogP contribution in [-0.4, -0.2) is 23.4 Å². The summed E-state index contributed by atoms with van der Waals surface area (Å²) in [7, 11) is 0. The van der Waals surface area contributed by atoms with Gasteiger partial charge in [-0.2, -0.15) is 11.3 Å². The Hall–Kier alpha value is -0.380. The third kappa shape index (κ3) is 2.35. The molecule has 2 nitrogen and oxygen atoms in total. The second-order valence-corrected chi connectivity index (χ2v) is 4.95. The molecule has 1 aliphatic rings. The average Bonchev–Trinajstić information content (AvgIpc) is 2.55. The number of ether oxygens (including phenoxy) is 1. The molecule has 0 aliphatic carbocycles. The Bertz CT molecular complexity index is 283. The number of thiophene rings is 1. The normalized spacial score (nSPS) is 33.1. The second-order valence-electron chi connectivity index (χ2n) is 4.17. The van der Waals surface area contributed by atoms with E-state index in [-0.39, 0.29) is 6.10 Å². The monoisotopic (exact) mass is 212 g/mol. The van der Waals surface area contributed by atoms with Gasteiger partial charge in [0.15, 0.2) is 0 Å². The molecular weight excluding hydrogens is 196 g/mol. The summed E-state index contributed by atoms with van der Waals surface area (Å²) in [6, 6.07) is 2.09. The lowest BCUT2D eigenvalue weighted by molar-refractivity contribution is -0.0960. The van der Waals surface area contributed by atoms with Gasteiger partial charge in [-0.25, -0.2) is 0 Å². The maximum Gasteiger partial charge on any atom is 0.0734 e. The Balaban J connectivity index is 2.01. The maximum absolute atomic E-state index is 10.3. The molecule has 2 atom stereocenters. The van der Waals surface area contributed by atoms with E-state index in [0.717, 1.165) is 19.3 Å². The highest BCUT2D eigenvalue weighted by atomic mass is 32.1. The average molecular weight is 212 g/mol. The van der Waals surface area contributed by atoms with Crippen LogP contribution in [0.2, 0.25) is 0 Å². The summed E-state index contributed by atoms with van der Waals surface area (Å²) >= 11 is 1.69. The number of rotatable bonds is 2. The van der Waals surface area contributed by atoms with Crippen molar-refractivity contribution in [2.45, 2.75) is 37.9 Å². The first kappa shape index (κ1) is 10.1. The molecule has 1 aromatic heterocycles. The molecule has 1 aromatic rings. The van der Waals surface area contributed by atoms with Crippen LogP contribution in [0.25, 0.3) is 0 Å². The summed E-state index contributed by atoms with van der Waals surface area (Å²) in [5, 5.41) is 14.5. The van der Waals surface area contributed by atoms with Gasteiger partial charge in [0.25, 0.3) is 0 Å². The molecule has 0 spiro atoms. The van der Waals surface area contributed by atoms with Crippen molar-refractivity contribution in [3.05, 3.63) is 22.4 Å². The molecule has 2 rings (SSSR count). The van der Waals surface area contributed by atoms with Gasteiger partial charge in [-0.3, -0.25) is 0 Å². The van der Waals surface area contributed by atoms with Crippen LogP contribution in [0.5, 0.6) is 0 Å². The fourth-order valence-corrected chi connectivity index (χ4v) is 2.75. The number of aliphatic hydroxyl groups is 1. The maximum atomic E-state index is 10.3. The lowest BCUT2D eigenvalue weighted by atomic mass is 9.86. The molecule has 78 valence electrons. The molecule has 1 aliphatic heterocycles. The van der Waals surface area contributed by atoms with Crippen molar-refractivity contribution in [1.82, 2.24) is 0 Å². The van der Waals surface area contributed by atoms with Crippen LogP contribution >= 0.6 is 11.3 Å². The van der Waals surface area contributed by atoms with E-state index in [4.69, 9.17) is 4.74 Å². The van der Waals surface area contributed by atoms with Crippen molar-refractivity contribution >= 4 is 11.3 Å². The minimum atomic E-state index is -0.543. The standard InChI is InChI=1S/C11H16O2S/c1-9-6-11(12,3-4-13-9)7-10-2-5-14-8-10/h2,5,8-9,12H,3-4,6-7H2,1H3. The predicted molar refractivity (Wildman–Crippen MR) is 57.6 cm³/mol. The van der Waals surface area contributed by atoms with Gasteiger partial charge in [-0.1, -0.05) is 0 Å². The number of hydrogen-bond donors (Lipinski definition) is 1. The van der Waals surface area contributed by atoms with Crippen LogP contribution < -0.4 is 0 Å². The van der Waals surface area contributed by atoms with Crippen LogP contribution in [0.1, 0.15) is 25.3 Å². The largest absolute Gasteiger partial charge is 0.389 e. The van der Waals surface area contributed by atoms with Crippen molar-refractivity contribution < 1.29 is 9.84 Å². The minimum Gasteiger partial charge on any atom is -0.389 e. The zero-order valence-electron chi connectivity index (χ0n) is 8.40. The highest BCUT2D eigenvalue weighted by Crippen LogP contribution is 2.28. The Labute approximate surface area is 88.5 Å². The van der Waals surface area contributed by atoms with Crippen molar-refractivity contribution in [1.29, 1.82) is 0 Å². The fraction of sp³-hybridized carbons (Fsp3) is 0.636. The molecule has 0 bridgehead atoms. The van der Waals surface area contributed by atoms with Gasteiger partial charge in [0, 0.05) is 19.4 Å². The lowest BCUT2D eigenvalue weighted by Gasteiger charge is -2.35. The lowest BCUT2D eigenvalue weighted by Crippen LogP contribution is -2.41. The molecule has 3 heteroatoms. The molecule has 0 aromatic carbocycles. The van der Waals surface area contributed by atoms with Crippen LogP contribution in [0.15, 0.2) is 16.8 Å². The van der Waals surface area contributed by atoms with Gasteiger partial charge in [0.2, 0.25) is 0 Å². The van der Waals surface area contributed by atoms with Gasteiger partial charge in [-0.05, 0) is 35.7 Å². The van der Waals surface area contributed by atoms with Crippen molar-refractivity contribution in [3.8, 4) is 0 Å². The van der Waals surface area contributed by atoms with E-state index < -0.39 is 5.60 Å². The first-order valence-electron chi connectivity index (χ1n) is 5.03. The van der Waals surface area contributed by atoms with Crippen LogP contribution in [-0.2, 0) is 11.2 Å². The van der Waals surface area contributed by atoms with Crippen molar-refractivity contribution in [3.63, 3.8) is 0 Å². The molecule has 2 heterocycles. The molecule has 0 saturated carbocycles. The van der Waals surface area contributed by atoms with Crippen molar-refractivity contribution in [2.75, 3.05) is 6.61 Å². The van der Waals surface area contributed by atoms with Gasteiger partial charge in [0.1, 0.15) is 0 Å². The summed E-state index contributed by atoms with van der Waals surface area (Å²) in [6.07, 6.45) is 2.47. The highest BCUT2D eigenvalue weighted by molar-refractivity contribution is 7.07. The SMILES string of the molecule is CC1CC(O)(Cc2ccsc2)CCO1. The van der Waals surface area contributed by atoms with Crippen LogP contribution in [0, 0.1) is 0 Å². The minimum absolute atomic E-state index is 0.187. The molecule has 14 heavy (non-hydrogen) atoms. The fourth-order valence-electron chi connectivity index (χ4n) is 2.08. The van der Waals surface area contributed by atoms with Gasteiger partial charge >= 0.3 is 0 Å². The molecule has 1 fully saturated rings. The Morgan fingerprint density at radius 2 is 2.57 bits per heavy atom. The molecule has 1 N–H and O–H groups in total. The van der Waals surface area contributed by atoms with Crippen molar-refractivity contribution in [2.24, 2.45) is 0 Å². The molecule has 1 saturated heterocycles. The van der Waals surface area contributed by atoms with E-state index in [1.165, 1.54) is 5.56 Å². The second kappa shape index (κ2) is 4.01. The van der Waals surface area contributed by atoms with Crippen LogP contribution in [0.4, 0.5) is 0 Å². The third-order valence-corrected chi connectivity index (χ3v) is 3.48. The zero-order valence-corrected chi connectivity index (χ0v) is 9.22. The third-order valence-electron chi connectivity index (χ3n) is 2.75. The Morgan fingerprint density at radius 1 is 1.71 bits per heavy atom. The molecule has 0 radical (unpaired) electrons. The summed E-state index contributed by atoms with van der Waals surface area (Å²) in [6.45, 7) is 2.71. The first-order valence-corrected chi connectivity index (χ1v) is 5.97. The quantitative estimate of drug-likeness (QED) is 0.814. The molecule has 0 amide bonds. The topological polar surface area (TPSA) is 29.5 Å². The predicted octanol–water partition coefficient (Wildman–Crippen LogP) is 2.22. The highest BCUT2D eigenvalue weighted by Gasteiger charge is 2.33. The van der Waals surface area contributed by atoms with Gasteiger partial charge in [-0.15, -0.1) is 0 Å². The summed E-state index contributed by atoms with van der Waals surface area (Å²) in [4.78, 5) is 0. The smallest absolute Gasteiger partial charge is 0.0734 e. The summed E-state index contributed by atoms with van der Waals surface area (Å²) in [5.41, 5.74) is 0.699. The summed E-state index contributed by atoms with van der Waals surface area (Å²) < 4.78 is 5.44. The van der Waals surface area contributed by atoms with Gasteiger partial charge in [0.05, 0.1) is 11.7 Å². The van der Waals surface area contributed by atoms with E-state index >= 15 is 0 Å². The van der Waals surface area contributed by atoms with Crippen LogP contribution in [0.3, 0.4) is 0 Å². The zero-order chi connectivity index (χ0) is 10.0. The Kier molecular flexibility index (Phi) is 2.91. The van der Waals surface area contributed by atoms with E-state index in [9.17, 15) is 5.11 Å². The first-order chi connectivity index (χ1) is 6.68. The van der Waals surface area contributed by atoms with E-state index in [1.807, 2.05) is 6.92 Å². The van der Waals surface area contributed by atoms with E-state index in [0.29, 0.717) is 6.61 Å². The molecular formula is C11H16O2S. The molecule has 2 unspecified atom stereocenters. The van der Waals surface area contributed by atoms with Gasteiger partial charge < -0.3 is 9.84 Å².